The van der Waals surface area contributed by atoms with Crippen LogP contribution in [0.5, 0.6) is 11.5 Å². The molecule has 0 aliphatic carbocycles. The Kier molecular flexibility index (Phi) is 5.02. The summed E-state index contributed by atoms with van der Waals surface area (Å²) in [5.41, 5.74) is 6.72. The summed E-state index contributed by atoms with van der Waals surface area (Å²) < 4.78 is 19.7. The van der Waals surface area contributed by atoms with E-state index in [1.807, 2.05) is 13.0 Å². The van der Waals surface area contributed by atoms with Crippen LogP contribution in [-0.4, -0.2) is 6.04 Å². The largest absolute Gasteiger partial charge is 0.456 e. The highest BCUT2D eigenvalue weighted by molar-refractivity contribution is 9.10. The monoisotopic (exact) mass is 357 g/mol. The minimum absolute atomic E-state index is 0.0215. The molecule has 0 aliphatic heterocycles. The molecule has 0 radical (unpaired) electrons. The predicted molar refractivity (Wildman–Crippen MR) is 83.0 cm³/mol. The van der Waals surface area contributed by atoms with Gasteiger partial charge in [-0.1, -0.05) is 11.6 Å². The van der Waals surface area contributed by atoms with E-state index in [4.69, 9.17) is 22.1 Å². The third-order valence-electron chi connectivity index (χ3n) is 2.68. The number of benzene rings is 2. The number of halogens is 3. The summed E-state index contributed by atoms with van der Waals surface area (Å²) in [5, 5.41) is 0.617. The van der Waals surface area contributed by atoms with Crippen LogP contribution in [0.4, 0.5) is 4.39 Å². The van der Waals surface area contributed by atoms with Crippen molar-refractivity contribution >= 4 is 27.5 Å². The number of rotatable bonds is 4. The maximum absolute atomic E-state index is 13.3. The van der Waals surface area contributed by atoms with Gasteiger partial charge in [-0.2, -0.15) is 0 Å². The second kappa shape index (κ2) is 6.57. The molecule has 0 aromatic heterocycles. The van der Waals surface area contributed by atoms with Gasteiger partial charge in [0.05, 0.1) is 4.47 Å². The van der Waals surface area contributed by atoms with Crippen LogP contribution >= 0.6 is 27.5 Å². The van der Waals surface area contributed by atoms with Crippen molar-refractivity contribution in [1.29, 1.82) is 0 Å². The van der Waals surface area contributed by atoms with Crippen LogP contribution < -0.4 is 10.5 Å². The Labute approximate surface area is 130 Å². The van der Waals surface area contributed by atoms with Crippen LogP contribution in [-0.2, 0) is 6.42 Å². The molecule has 1 unspecified atom stereocenters. The first-order valence-corrected chi connectivity index (χ1v) is 7.29. The average molecular weight is 359 g/mol. The molecule has 2 aromatic carbocycles. The van der Waals surface area contributed by atoms with Gasteiger partial charge in [0.15, 0.2) is 0 Å². The van der Waals surface area contributed by atoms with Crippen molar-refractivity contribution in [1.82, 2.24) is 0 Å². The molecule has 0 heterocycles. The second-order valence-electron chi connectivity index (χ2n) is 4.61. The molecule has 0 fully saturated rings. The summed E-state index contributed by atoms with van der Waals surface area (Å²) in [6.07, 6.45) is 0.628. The first kappa shape index (κ1) is 15.3. The van der Waals surface area contributed by atoms with Crippen molar-refractivity contribution in [2.45, 2.75) is 19.4 Å². The number of nitrogens with two attached hydrogens (primary N) is 1. The minimum Gasteiger partial charge on any atom is -0.456 e. The van der Waals surface area contributed by atoms with E-state index in [-0.39, 0.29) is 11.9 Å². The molecule has 106 valence electrons. The fourth-order valence-electron chi connectivity index (χ4n) is 1.83. The first-order valence-electron chi connectivity index (χ1n) is 6.12. The van der Waals surface area contributed by atoms with Gasteiger partial charge in [-0.05, 0) is 65.2 Å². The normalized spacial score (nSPS) is 12.2. The summed E-state index contributed by atoms with van der Waals surface area (Å²) in [7, 11) is 0. The maximum atomic E-state index is 13.3. The summed E-state index contributed by atoms with van der Waals surface area (Å²) in [6, 6.07) is 9.58. The zero-order valence-electron chi connectivity index (χ0n) is 10.9. The third kappa shape index (κ3) is 3.95. The molecule has 1 atom stereocenters. The maximum Gasteiger partial charge on any atom is 0.144 e. The van der Waals surface area contributed by atoms with E-state index in [1.165, 1.54) is 12.1 Å². The average Bonchev–Trinajstić information content (AvgIpc) is 2.36. The van der Waals surface area contributed by atoms with E-state index in [0.717, 1.165) is 5.56 Å². The van der Waals surface area contributed by atoms with E-state index in [0.29, 0.717) is 27.4 Å². The summed E-state index contributed by atoms with van der Waals surface area (Å²) >= 11 is 9.33. The van der Waals surface area contributed by atoms with Crippen LogP contribution in [0.2, 0.25) is 5.02 Å². The molecule has 2 rings (SSSR count). The summed E-state index contributed by atoms with van der Waals surface area (Å²) in [6.45, 7) is 1.91. The fourth-order valence-corrected chi connectivity index (χ4v) is 2.35. The Hall–Kier alpha value is -1.10. The highest BCUT2D eigenvalue weighted by Gasteiger charge is 2.11. The minimum atomic E-state index is -0.356. The van der Waals surface area contributed by atoms with Gasteiger partial charge in [0.2, 0.25) is 0 Å². The van der Waals surface area contributed by atoms with Gasteiger partial charge in [0.1, 0.15) is 17.3 Å². The van der Waals surface area contributed by atoms with E-state index < -0.39 is 0 Å². The standard InChI is InChI=1S/C15H14BrClFNO/c1-9(19)6-10-7-11(17)2-5-14(10)20-15-8-12(18)3-4-13(15)16/h2-5,7-9H,6,19H2,1H3. The highest BCUT2D eigenvalue weighted by Crippen LogP contribution is 2.33. The Morgan fingerprint density at radius 1 is 1.25 bits per heavy atom. The van der Waals surface area contributed by atoms with Gasteiger partial charge in [0, 0.05) is 17.1 Å². The molecule has 0 spiro atoms. The molecule has 5 heteroatoms. The van der Waals surface area contributed by atoms with E-state index in [2.05, 4.69) is 15.9 Å². The molecular formula is C15H14BrClFNO. The lowest BCUT2D eigenvalue weighted by atomic mass is 10.1. The van der Waals surface area contributed by atoms with Crippen LogP contribution in [0.3, 0.4) is 0 Å². The van der Waals surface area contributed by atoms with Gasteiger partial charge < -0.3 is 10.5 Å². The molecule has 2 nitrogen and oxygen atoms in total. The topological polar surface area (TPSA) is 35.2 Å². The lowest BCUT2D eigenvalue weighted by Crippen LogP contribution is -2.18. The zero-order valence-corrected chi connectivity index (χ0v) is 13.2. The van der Waals surface area contributed by atoms with Gasteiger partial charge in [-0.3, -0.25) is 0 Å². The molecule has 0 bridgehead atoms. The Bertz CT molecular complexity index is 619. The number of ether oxygens (including phenoxy) is 1. The molecule has 20 heavy (non-hydrogen) atoms. The van der Waals surface area contributed by atoms with Crippen LogP contribution in [0.1, 0.15) is 12.5 Å². The van der Waals surface area contributed by atoms with E-state index in [9.17, 15) is 4.39 Å². The van der Waals surface area contributed by atoms with Crippen molar-refractivity contribution in [2.24, 2.45) is 5.73 Å². The van der Waals surface area contributed by atoms with Gasteiger partial charge in [-0.25, -0.2) is 4.39 Å². The SMILES string of the molecule is CC(N)Cc1cc(Cl)ccc1Oc1cc(F)ccc1Br. The molecule has 2 N–H and O–H groups in total. The van der Waals surface area contributed by atoms with E-state index >= 15 is 0 Å². The van der Waals surface area contributed by atoms with Crippen molar-refractivity contribution in [3.05, 3.63) is 57.3 Å². The Morgan fingerprint density at radius 3 is 2.70 bits per heavy atom. The zero-order chi connectivity index (χ0) is 14.7. The Morgan fingerprint density at radius 2 is 2.00 bits per heavy atom. The number of hydrogen-bond donors (Lipinski definition) is 1. The van der Waals surface area contributed by atoms with Crippen molar-refractivity contribution in [2.75, 3.05) is 0 Å². The van der Waals surface area contributed by atoms with Crippen LogP contribution in [0.15, 0.2) is 40.9 Å². The molecule has 0 aliphatic rings. The van der Waals surface area contributed by atoms with E-state index in [1.54, 1.807) is 18.2 Å². The van der Waals surface area contributed by atoms with Gasteiger partial charge >= 0.3 is 0 Å². The van der Waals surface area contributed by atoms with Crippen molar-refractivity contribution < 1.29 is 9.13 Å². The quantitative estimate of drug-likeness (QED) is 0.841. The number of hydrogen-bond acceptors (Lipinski definition) is 2. The van der Waals surface area contributed by atoms with Crippen molar-refractivity contribution in [3.63, 3.8) is 0 Å². The van der Waals surface area contributed by atoms with Crippen LogP contribution in [0.25, 0.3) is 0 Å². The van der Waals surface area contributed by atoms with Gasteiger partial charge in [-0.15, -0.1) is 0 Å². The molecule has 2 aromatic rings. The fraction of sp³-hybridized carbons (Fsp3) is 0.200. The molecule has 0 saturated carbocycles. The summed E-state index contributed by atoms with van der Waals surface area (Å²) in [5.74, 6) is 0.683. The van der Waals surface area contributed by atoms with Gasteiger partial charge in [0.25, 0.3) is 0 Å². The lowest BCUT2D eigenvalue weighted by molar-refractivity contribution is 0.465. The molecular weight excluding hydrogens is 345 g/mol. The highest BCUT2D eigenvalue weighted by atomic mass is 79.9. The lowest BCUT2D eigenvalue weighted by Gasteiger charge is -2.14. The summed E-state index contributed by atoms with van der Waals surface area (Å²) in [4.78, 5) is 0. The first-order chi connectivity index (χ1) is 9.45. The molecule has 0 amide bonds. The second-order valence-corrected chi connectivity index (χ2v) is 5.90. The van der Waals surface area contributed by atoms with Crippen LogP contribution in [0, 0.1) is 5.82 Å². The smallest absolute Gasteiger partial charge is 0.144 e. The Balaban J connectivity index is 2.35. The third-order valence-corrected chi connectivity index (χ3v) is 3.57. The predicted octanol–water partition coefficient (Wildman–Crippen LogP) is 4.92. The molecule has 0 saturated heterocycles. The van der Waals surface area contributed by atoms with Crippen molar-refractivity contribution in [3.8, 4) is 11.5 Å².